The third-order valence-electron chi connectivity index (χ3n) is 2.64. The number of nitrogens with one attached hydrogen (secondary N) is 1. The molecule has 0 aliphatic heterocycles. The fraction of sp³-hybridized carbons (Fsp3) is 0.500. The summed E-state index contributed by atoms with van der Waals surface area (Å²) in [6.45, 7) is 8.89. The van der Waals surface area contributed by atoms with E-state index in [-0.39, 0.29) is 0 Å². The van der Waals surface area contributed by atoms with E-state index >= 15 is 0 Å². The largest absolute Gasteiger partial charge is 0.313 e. The van der Waals surface area contributed by atoms with Crippen molar-refractivity contribution in [1.29, 1.82) is 0 Å². The van der Waals surface area contributed by atoms with E-state index in [1.54, 1.807) is 11.3 Å². The summed E-state index contributed by atoms with van der Waals surface area (Å²) in [7, 11) is 0. The van der Waals surface area contributed by atoms with Crippen molar-refractivity contribution in [2.75, 3.05) is 6.54 Å². The maximum absolute atomic E-state index is 4.52. The molecule has 2 aromatic heterocycles. The molecule has 17 heavy (non-hydrogen) atoms. The van der Waals surface area contributed by atoms with Gasteiger partial charge in [0.05, 0.1) is 18.4 Å². The summed E-state index contributed by atoms with van der Waals surface area (Å²) in [4.78, 5) is 5.81. The minimum Gasteiger partial charge on any atom is -0.313 e. The molecule has 2 heterocycles. The Kier molecular flexibility index (Phi) is 3.91. The molecule has 0 atom stereocenters. The van der Waals surface area contributed by atoms with E-state index in [1.807, 2.05) is 10.9 Å². The highest BCUT2D eigenvalue weighted by Gasteiger charge is 2.05. The third kappa shape index (κ3) is 3.14. The molecular formula is C12H18N4S. The van der Waals surface area contributed by atoms with Crippen LogP contribution < -0.4 is 5.32 Å². The third-order valence-corrected chi connectivity index (χ3v) is 3.69. The molecule has 2 aromatic rings. The molecule has 0 aromatic carbocycles. The summed E-state index contributed by atoms with van der Waals surface area (Å²) in [5.41, 5.74) is 2.35. The summed E-state index contributed by atoms with van der Waals surface area (Å²) in [5.74, 6) is 0. The molecule has 0 aliphatic rings. The van der Waals surface area contributed by atoms with Crippen molar-refractivity contribution in [3.63, 3.8) is 0 Å². The molecule has 1 N–H and O–H groups in total. The molecule has 92 valence electrons. The molecule has 5 heteroatoms. The lowest BCUT2D eigenvalue weighted by Crippen LogP contribution is -2.11. The van der Waals surface area contributed by atoms with Crippen LogP contribution in [0, 0.1) is 13.8 Å². The van der Waals surface area contributed by atoms with E-state index in [0.29, 0.717) is 0 Å². The van der Waals surface area contributed by atoms with Crippen LogP contribution >= 0.6 is 11.3 Å². The Morgan fingerprint density at radius 3 is 2.88 bits per heavy atom. The molecule has 0 amide bonds. The monoisotopic (exact) mass is 250 g/mol. The van der Waals surface area contributed by atoms with Crippen LogP contribution in [0.3, 0.4) is 0 Å². The fourth-order valence-electron chi connectivity index (χ4n) is 1.60. The highest BCUT2D eigenvalue weighted by Crippen LogP contribution is 2.17. The number of aromatic nitrogens is 3. The zero-order valence-corrected chi connectivity index (χ0v) is 11.3. The minimum absolute atomic E-state index is 0.769. The van der Waals surface area contributed by atoms with E-state index in [9.17, 15) is 0 Å². The average molecular weight is 250 g/mol. The first-order valence-corrected chi connectivity index (χ1v) is 6.65. The molecule has 0 spiro atoms. The van der Waals surface area contributed by atoms with Crippen LogP contribution in [-0.4, -0.2) is 21.3 Å². The Hall–Kier alpha value is -1.20. The van der Waals surface area contributed by atoms with Gasteiger partial charge in [0.2, 0.25) is 0 Å². The average Bonchev–Trinajstić information content (AvgIpc) is 2.85. The lowest BCUT2D eigenvalue weighted by molar-refractivity contribution is 0.678. The van der Waals surface area contributed by atoms with Gasteiger partial charge in [-0.25, -0.2) is 4.98 Å². The second-order valence-electron chi connectivity index (χ2n) is 4.08. The maximum Gasteiger partial charge on any atom is 0.115 e. The summed E-state index contributed by atoms with van der Waals surface area (Å²) >= 11 is 1.75. The number of thiazole rings is 1. The normalized spacial score (nSPS) is 11.0. The van der Waals surface area contributed by atoms with Crippen molar-refractivity contribution >= 4 is 11.3 Å². The number of hydrogen-bond donors (Lipinski definition) is 1. The molecule has 2 rings (SSSR count). The number of hydrogen-bond acceptors (Lipinski definition) is 4. The SMILES string of the molecule is CCNCc1cnn(Cc2nc(C)c(C)s2)c1. The first-order chi connectivity index (χ1) is 8.19. The topological polar surface area (TPSA) is 42.7 Å². The van der Waals surface area contributed by atoms with Crippen molar-refractivity contribution in [1.82, 2.24) is 20.1 Å². The summed E-state index contributed by atoms with van der Waals surface area (Å²) in [5, 5.41) is 8.76. The smallest absolute Gasteiger partial charge is 0.115 e. The first kappa shape index (κ1) is 12.3. The Labute approximate surface area is 106 Å². The summed E-state index contributed by atoms with van der Waals surface area (Å²) in [6, 6.07) is 0. The van der Waals surface area contributed by atoms with E-state index < -0.39 is 0 Å². The van der Waals surface area contributed by atoms with Gasteiger partial charge >= 0.3 is 0 Å². The van der Waals surface area contributed by atoms with E-state index in [0.717, 1.165) is 30.3 Å². The van der Waals surface area contributed by atoms with E-state index in [2.05, 4.69) is 42.4 Å². The van der Waals surface area contributed by atoms with Crippen molar-refractivity contribution in [2.24, 2.45) is 0 Å². The van der Waals surface area contributed by atoms with Gasteiger partial charge in [0, 0.05) is 23.2 Å². The van der Waals surface area contributed by atoms with Gasteiger partial charge in [-0.2, -0.15) is 5.10 Å². The number of aryl methyl sites for hydroxylation is 2. The van der Waals surface area contributed by atoms with Crippen LogP contribution in [0.15, 0.2) is 12.4 Å². The van der Waals surface area contributed by atoms with Crippen LogP contribution in [-0.2, 0) is 13.1 Å². The molecule has 0 unspecified atom stereocenters. The number of rotatable bonds is 5. The van der Waals surface area contributed by atoms with E-state index in [1.165, 1.54) is 10.4 Å². The maximum atomic E-state index is 4.52. The Bertz CT molecular complexity index is 467. The Morgan fingerprint density at radius 1 is 1.41 bits per heavy atom. The molecule has 0 radical (unpaired) electrons. The highest BCUT2D eigenvalue weighted by atomic mass is 32.1. The van der Waals surface area contributed by atoms with Crippen LogP contribution in [0.2, 0.25) is 0 Å². The van der Waals surface area contributed by atoms with Crippen molar-refractivity contribution in [3.05, 3.63) is 33.5 Å². The van der Waals surface area contributed by atoms with Crippen LogP contribution in [0.1, 0.15) is 28.1 Å². The van der Waals surface area contributed by atoms with Crippen LogP contribution in [0.4, 0.5) is 0 Å². The van der Waals surface area contributed by atoms with Gasteiger partial charge in [-0.05, 0) is 20.4 Å². The van der Waals surface area contributed by atoms with Crippen LogP contribution in [0.25, 0.3) is 0 Å². The lowest BCUT2D eigenvalue weighted by Gasteiger charge is -1.97. The van der Waals surface area contributed by atoms with Gasteiger partial charge in [0.25, 0.3) is 0 Å². The van der Waals surface area contributed by atoms with Gasteiger partial charge in [-0.3, -0.25) is 4.68 Å². The van der Waals surface area contributed by atoms with Gasteiger partial charge in [-0.1, -0.05) is 6.92 Å². The molecule has 4 nitrogen and oxygen atoms in total. The summed E-state index contributed by atoms with van der Waals surface area (Å²) < 4.78 is 1.95. The zero-order valence-electron chi connectivity index (χ0n) is 10.5. The van der Waals surface area contributed by atoms with Crippen molar-refractivity contribution < 1.29 is 0 Å². The predicted molar refractivity (Wildman–Crippen MR) is 70.3 cm³/mol. The Morgan fingerprint density at radius 2 is 2.24 bits per heavy atom. The van der Waals surface area contributed by atoms with E-state index in [4.69, 9.17) is 0 Å². The second kappa shape index (κ2) is 5.42. The van der Waals surface area contributed by atoms with Gasteiger partial charge < -0.3 is 5.32 Å². The molecule has 0 bridgehead atoms. The van der Waals surface area contributed by atoms with Gasteiger partial charge in [0.15, 0.2) is 0 Å². The quantitative estimate of drug-likeness (QED) is 0.884. The van der Waals surface area contributed by atoms with Crippen molar-refractivity contribution in [2.45, 2.75) is 33.9 Å². The highest BCUT2D eigenvalue weighted by molar-refractivity contribution is 7.11. The molecule has 0 aliphatic carbocycles. The lowest BCUT2D eigenvalue weighted by atomic mass is 10.3. The van der Waals surface area contributed by atoms with Crippen molar-refractivity contribution in [3.8, 4) is 0 Å². The molecule has 0 saturated heterocycles. The fourth-order valence-corrected chi connectivity index (χ4v) is 2.53. The zero-order chi connectivity index (χ0) is 12.3. The predicted octanol–water partition coefficient (Wildman–Crippen LogP) is 2.11. The minimum atomic E-state index is 0.769. The summed E-state index contributed by atoms with van der Waals surface area (Å²) in [6.07, 6.45) is 3.99. The first-order valence-electron chi connectivity index (χ1n) is 5.84. The molecule has 0 saturated carbocycles. The molecule has 0 fully saturated rings. The number of nitrogens with zero attached hydrogens (tertiary/aromatic N) is 3. The van der Waals surface area contributed by atoms with Gasteiger partial charge in [-0.15, -0.1) is 11.3 Å². The van der Waals surface area contributed by atoms with Gasteiger partial charge in [0.1, 0.15) is 5.01 Å². The second-order valence-corrected chi connectivity index (χ2v) is 5.36. The van der Waals surface area contributed by atoms with Crippen LogP contribution in [0.5, 0.6) is 0 Å². The Balaban J connectivity index is 2.01. The molecular weight excluding hydrogens is 232 g/mol. The standard InChI is InChI=1S/C12H18N4S/c1-4-13-5-11-6-14-16(7-11)8-12-15-9(2)10(3)17-12/h6-7,13H,4-5,8H2,1-3H3.